The van der Waals surface area contributed by atoms with Gasteiger partial charge in [-0.2, -0.15) is 0 Å². The van der Waals surface area contributed by atoms with Crippen LogP contribution in [0.15, 0.2) is 0 Å². The van der Waals surface area contributed by atoms with E-state index in [1.807, 2.05) is 0 Å². The molecule has 0 aromatic carbocycles. The van der Waals surface area contributed by atoms with E-state index >= 15 is 0 Å². The van der Waals surface area contributed by atoms with E-state index in [2.05, 4.69) is 61.2 Å². The third-order valence-electron chi connectivity index (χ3n) is 3.46. The van der Waals surface area contributed by atoms with Crippen LogP contribution in [0.25, 0.3) is 0 Å². The van der Waals surface area contributed by atoms with E-state index in [1.165, 1.54) is 7.68 Å². The van der Waals surface area contributed by atoms with Gasteiger partial charge in [-0.15, -0.1) is 7.68 Å². The molecule has 0 heterocycles. The molecular formula is C12H31PSi2. The van der Waals surface area contributed by atoms with Gasteiger partial charge in [-0.1, -0.05) is 61.2 Å². The van der Waals surface area contributed by atoms with Crippen molar-refractivity contribution in [3.8, 4) is 0 Å². The molecule has 0 aromatic rings. The molecule has 0 aliphatic heterocycles. The Balaban J connectivity index is 5.15. The van der Waals surface area contributed by atoms with Gasteiger partial charge in [0.15, 0.2) is 0 Å². The first-order chi connectivity index (χ1) is 6.54. The van der Waals surface area contributed by atoms with E-state index in [4.69, 9.17) is 0 Å². The van der Waals surface area contributed by atoms with Crippen LogP contribution in [0.1, 0.15) is 41.5 Å². The fourth-order valence-corrected chi connectivity index (χ4v) is 35.2. The lowest BCUT2D eigenvalue weighted by Crippen LogP contribution is -2.43. The van der Waals surface area contributed by atoms with Crippen LogP contribution in [0, 0.1) is 0 Å². The Morgan fingerprint density at radius 2 is 0.933 bits per heavy atom. The topological polar surface area (TPSA) is 0 Å². The largest absolute Gasteiger partial charge is 0.143 e. The molecule has 0 rings (SSSR count). The van der Waals surface area contributed by atoms with E-state index in [0.29, 0.717) is 0 Å². The van der Waals surface area contributed by atoms with Gasteiger partial charge < -0.3 is 0 Å². The molecular weight excluding hydrogens is 231 g/mol. The summed E-state index contributed by atoms with van der Waals surface area (Å²) in [4.78, 5) is 0. The summed E-state index contributed by atoms with van der Waals surface area (Å²) < 4.78 is 0. The summed E-state index contributed by atoms with van der Waals surface area (Å²) in [5, 5.41) is 0. The predicted molar refractivity (Wildman–Crippen MR) is 82.7 cm³/mol. The number of hydrogen-bond donors (Lipinski definition) is 0. The lowest BCUT2D eigenvalue weighted by atomic mass is 10.5. The Hall–Kier alpha value is 0.864. The molecule has 0 nitrogen and oxygen atoms in total. The quantitative estimate of drug-likeness (QED) is 0.442. The fourth-order valence-electron chi connectivity index (χ4n) is 3.08. The van der Waals surface area contributed by atoms with Crippen LogP contribution in [0.3, 0.4) is 0 Å². The highest BCUT2D eigenvalue weighted by Gasteiger charge is 2.45. The maximum Gasteiger partial charge on any atom is 0.0815 e. The second-order valence-electron chi connectivity index (χ2n) is 6.77. The minimum atomic E-state index is -1.07. The first kappa shape index (κ1) is 15.9. The lowest BCUT2D eigenvalue weighted by Gasteiger charge is -2.46. The average molecular weight is 263 g/mol. The van der Waals surface area contributed by atoms with E-state index in [0.717, 1.165) is 16.6 Å². The van der Waals surface area contributed by atoms with Crippen molar-refractivity contribution in [2.75, 3.05) is 0 Å². The zero-order valence-corrected chi connectivity index (χ0v) is 15.2. The molecule has 0 bridgehead atoms. The third-order valence-corrected chi connectivity index (χ3v) is 29.8. The molecule has 0 amide bonds. The van der Waals surface area contributed by atoms with Crippen LogP contribution in [-0.4, -0.2) is 15.5 Å². The van der Waals surface area contributed by atoms with Crippen LogP contribution >= 0.6 is 7.68 Å². The van der Waals surface area contributed by atoms with E-state index < -0.39 is 15.5 Å². The number of hydrogen-bond acceptors (Lipinski definition) is 0. The molecule has 3 heteroatoms. The summed E-state index contributed by atoms with van der Waals surface area (Å²) >= 11 is 0. The summed E-state index contributed by atoms with van der Waals surface area (Å²) in [6, 6.07) is 0. The van der Waals surface area contributed by atoms with E-state index in [9.17, 15) is 0 Å². The van der Waals surface area contributed by atoms with Crippen molar-refractivity contribution in [3.63, 3.8) is 0 Å². The van der Waals surface area contributed by atoms with Crippen molar-refractivity contribution in [2.45, 2.75) is 77.8 Å². The van der Waals surface area contributed by atoms with Gasteiger partial charge in [-0.25, -0.2) is 0 Å². The van der Waals surface area contributed by atoms with Gasteiger partial charge in [0.25, 0.3) is 0 Å². The minimum absolute atomic E-state index is 0.891. The minimum Gasteiger partial charge on any atom is -0.143 e. The van der Waals surface area contributed by atoms with Gasteiger partial charge in [-0.05, 0) is 16.6 Å². The standard InChI is InChI=1S/C12H31PSi2/c1-10(2)15(11(3)4,12(5)6)13-14(7,8)9/h10-13H,1-9H3. The summed E-state index contributed by atoms with van der Waals surface area (Å²) in [7, 11) is -0.643. The zero-order chi connectivity index (χ0) is 12.4. The molecule has 0 saturated heterocycles. The average Bonchev–Trinajstić information content (AvgIpc) is 1.96. The zero-order valence-electron chi connectivity index (χ0n) is 12.2. The van der Waals surface area contributed by atoms with Crippen molar-refractivity contribution in [3.05, 3.63) is 0 Å². The van der Waals surface area contributed by atoms with Crippen LogP contribution in [0.2, 0.25) is 36.3 Å². The first-order valence-electron chi connectivity index (χ1n) is 6.33. The van der Waals surface area contributed by atoms with Gasteiger partial charge in [0.05, 0.1) is 15.5 Å². The van der Waals surface area contributed by atoms with Gasteiger partial charge in [0.1, 0.15) is 0 Å². The Morgan fingerprint density at radius 1 is 0.667 bits per heavy atom. The Morgan fingerprint density at radius 3 is 1.00 bits per heavy atom. The summed E-state index contributed by atoms with van der Waals surface area (Å²) in [6.45, 7) is 22.6. The van der Waals surface area contributed by atoms with Crippen molar-refractivity contribution in [1.82, 2.24) is 0 Å². The van der Waals surface area contributed by atoms with Crippen LogP contribution in [-0.2, 0) is 0 Å². The summed E-state index contributed by atoms with van der Waals surface area (Å²) in [5.41, 5.74) is 2.84. The molecule has 0 aliphatic carbocycles. The van der Waals surface area contributed by atoms with Crippen molar-refractivity contribution < 1.29 is 0 Å². The fraction of sp³-hybridized carbons (Fsp3) is 1.00. The van der Waals surface area contributed by atoms with E-state index in [1.54, 1.807) is 0 Å². The van der Waals surface area contributed by atoms with Crippen LogP contribution in [0.5, 0.6) is 0 Å². The van der Waals surface area contributed by atoms with Crippen LogP contribution in [0.4, 0.5) is 0 Å². The molecule has 0 saturated carbocycles. The van der Waals surface area contributed by atoms with Gasteiger partial charge in [-0.3, -0.25) is 0 Å². The van der Waals surface area contributed by atoms with Crippen molar-refractivity contribution in [2.24, 2.45) is 0 Å². The Labute approximate surface area is 101 Å². The summed E-state index contributed by atoms with van der Waals surface area (Å²) in [6.07, 6.45) is 0. The molecule has 0 radical (unpaired) electrons. The second kappa shape index (κ2) is 5.47. The monoisotopic (exact) mass is 262 g/mol. The predicted octanol–water partition coefficient (Wildman–Crippen LogP) is 5.68. The molecule has 0 fully saturated rings. The molecule has 15 heavy (non-hydrogen) atoms. The van der Waals surface area contributed by atoms with Gasteiger partial charge >= 0.3 is 0 Å². The lowest BCUT2D eigenvalue weighted by molar-refractivity contribution is 0.851. The van der Waals surface area contributed by atoms with Gasteiger partial charge in [0.2, 0.25) is 0 Å². The maximum absolute atomic E-state index is 2.56. The molecule has 92 valence electrons. The van der Waals surface area contributed by atoms with E-state index in [-0.39, 0.29) is 0 Å². The Bertz CT molecular complexity index is 171. The highest BCUT2D eigenvalue weighted by molar-refractivity contribution is 8.07. The normalized spacial score (nSPS) is 15.2. The van der Waals surface area contributed by atoms with Crippen molar-refractivity contribution >= 4 is 23.2 Å². The molecule has 0 N–H and O–H groups in total. The summed E-state index contributed by atoms with van der Waals surface area (Å²) in [5.74, 6) is 0. The molecule has 0 aromatic heterocycles. The molecule has 1 atom stereocenters. The molecule has 0 aliphatic rings. The van der Waals surface area contributed by atoms with Gasteiger partial charge in [0, 0.05) is 0 Å². The Kier molecular flexibility index (Phi) is 5.78. The highest BCUT2D eigenvalue weighted by Crippen LogP contribution is 2.56. The maximum atomic E-state index is 2.56. The SMILES string of the molecule is CC(C)[Si](P[Si](C)(C)C)(C(C)C)C(C)C. The second-order valence-corrected chi connectivity index (χ2v) is 27.0. The van der Waals surface area contributed by atoms with Crippen molar-refractivity contribution in [1.29, 1.82) is 0 Å². The first-order valence-corrected chi connectivity index (χ1v) is 15.1. The number of rotatable bonds is 5. The molecule has 1 unspecified atom stereocenters. The third kappa shape index (κ3) is 3.98. The van der Waals surface area contributed by atoms with Crippen LogP contribution < -0.4 is 0 Å². The smallest absolute Gasteiger partial charge is 0.0815 e. The molecule has 0 spiro atoms. The highest BCUT2D eigenvalue weighted by atomic mass is 31.6.